The van der Waals surface area contributed by atoms with Gasteiger partial charge >= 0.3 is 6.18 Å². The number of piperidine rings is 1. The molecule has 2 heterocycles. The molecule has 0 bridgehead atoms. The zero-order valence-electron chi connectivity index (χ0n) is 13.2. The molecule has 2 amide bonds. The number of nitrogens with one attached hydrogen (secondary N) is 1. The highest BCUT2D eigenvalue weighted by molar-refractivity contribution is 5.80. The first-order valence-corrected chi connectivity index (χ1v) is 8.09. The fourth-order valence-corrected chi connectivity index (χ4v) is 3.32. The van der Waals surface area contributed by atoms with E-state index in [9.17, 15) is 22.8 Å². The van der Waals surface area contributed by atoms with Gasteiger partial charge in [-0.05, 0) is 42.5 Å². The second kappa shape index (κ2) is 6.45. The van der Waals surface area contributed by atoms with Gasteiger partial charge in [0.15, 0.2) is 0 Å². The molecule has 1 atom stereocenters. The summed E-state index contributed by atoms with van der Waals surface area (Å²) in [6, 6.07) is 3.56. The lowest BCUT2D eigenvalue weighted by Crippen LogP contribution is -2.44. The number of hydrogen-bond acceptors (Lipinski definition) is 2. The minimum absolute atomic E-state index is 0.0436. The zero-order chi connectivity index (χ0) is 17.3. The summed E-state index contributed by atoms with van der Waals surface area (Å²) in [6.45, 7) is 0.691. The van der Waals surface area contributed by atoms with Gasteiger partial charge in [0, 0.05) is 32.0 Å². The van der Waals surface area contributed by atoms with Crippen molar-refractivity contribution in [2.75, 3.05) is 6.54 Å². The van der Waals surface area contributed by atoms with Crippen molar-refractivity contribution in [3.8, 4) is 0 Å². The number of carbonyl (C=O) groups excluding carboxylic acids is 2. The first-order chi connectivity index (χ1) is 11.3. The molecule has 2 aliphatic heterocycles. The highest BCUT2D eigenvalue weighted by atomic mass is 19.4. The number of rotatable bonds is 2. The van der Waals surface area contributed by atoms with Crippen molar-refractivity contribution < 1.29 is 22.8 Å². The number of benzene rings is 1. The quantitative estimate of drug-likeness (QED) is 0.900. The van der Waals surface area contributed by atoms with E-state index in [0.717, 1.165) is 30.5 Å². The second-order valence-electron chi connectivity index (χ2n) is 6.41. The molecule has 3 rings (SSSR count). The maximum absolute atomic E-state index is 12.8. The monoisotopic (exact) mass is 340 g/mol. The van der Waals surface area contributed by atoms with Gasteiger partial charge in [0.25, 0.3) is 0 Å². The molecule has 1 aromatic rings. The Morgan fingerprint density at radius 2 is 2.04 bits per heavy atom. The molecular weight excluding hydrogens is 321 g/mol. The molecule has 1 saturated heterocycles. The molecule has 4 nitrogen and oxygen atoms in total. The van der Waals surface area contributed by atoms with Gasteiger partial charge in [-0.15, -0.1) is 0 Å². The van der Waals surface area contributed by atoms with Gasteiger partial charge in [-0.25, -0.2) is 0 Å². The average molecular weight is 340 g/mol. The number of alkyl halides is 3. The molecular formula is C17H19F3N2O2. The van der Waals surface area contributed by atoms with Crippen LogP contribution in [0.4, 0.5) is 13.2 Å². The predicted octanol–water partition coefficient (Wildman–Crippen LogP) is 2.65. The van der Waals surface area contributed by atoms with Crippen LogP contribution in [0.2, 0.25) is 0 Å². The van der Waals surface area contributed by atoms with E-state index in [2.05, 4.69) is 5.32 Å². The number of halogens is 3. The summed E-state index contributed by atoms with van der Waals surface area (Å²) in [5.41, 5.74) is 0.727. The van der Waals surface area contributed by atoms with Crippen LogP contribution in [-0.2, 0) is 28.7 Å². The van der Waals surface area contributed by atoms with Crippen LogP contribution in [0.5, 0.6) is 0 Å². The zero-order valence-corrected chi connectivity index (χ0v) is 13.2. The van der Waals surface area contributed by atoms with E-state index < -0.39 is 11.7 Å². The summed E-state index contributed by atoms with van der Waals surface area (Å²) in [7, 11) is 0. The van der Waals surface area contributed by atoms with Gasteiger partial charge in [-0.2, -0.15) is 13.2 Å². The van der Waals surface area contributed by atoms with Crippen molar-refractivity contribution in [2.24, 2.45) is 0 Å². The van der Waals surface area contributed by atoms with E-state index in [1.54, 1.807) is 4.90 Å². The van der Waals surface area contributed by atoms with Crippen molar-refractivity contribution in [3.05, 3.63) is 34.9 Å². The summed E-state index contributed by atoms with van der Waals surface area (Å²) in [6.07, 6.45) is -1.60. The minimum Gasteiger partial charge on any atom is -0.353 e. The third kappa shape index (κ3) is 3.71. The number of hydrogen-bond donors (Lipinski definition) is 1. The van der Waals surface area contributed by atoms with Crippen LogP contribution in [0.25, 0.3) is 0 Å². The summed E-state index contributed by atoms with van der Waals surface area (Å²) in [4.78, 5) is 25.4. The Balaban J connectivity index is 1.67. The summed E-state index contributed by atoms with van der Waals surface area (Å²) in [5, 5.41) is 2.80. The molecule has 0 spiro atoms. The van der Waals surface area contributed by atoms with Crippen molar-refractivity contribution in [3.63, 3.8) is 0 Å². The maximum Gasteiger partial charge on any atom is 0.416 e. The number of fused-ring (bicyclic) bond motifs is 1. The van der Waals surface area contributed by atoms with Gasteiger partial charge < -0.3 is 10.2 Å². The largest absolute Gasteiger partial charge is 0.416 e. The smallest absolute Gasteiger partial charge is 0.353 e. The molecule has 7 heteroatoms. The van der Waals surface area contributed by atoms with Crippen LogP contribution in [-0.4, -0.2) is 29.3 Å². The Hall–Kier alpha value is -2.05. The molecule has 130 valence electrons. The van der Waals surface area contributed by atoms with Crippen LogP contribution in [0.15, 0.2) is 18.2 Å². The Morgan fingerprint density at radius 1 is 1.25 bits per heavy atom. The summed E-state index contributed by atoms with van der Waals surface area (Å²) >= 11 is 0. The molecule has 0 saturated carbocycles. The highest BCUT2D eigenvalue weighted by Gasteiger charge is 2.32. The average Bonchev–Trinajstić information content (AvgIpc) is 2.53. The topological polar surface area (TPSA) is 49.4 Å². The van der Waals surface area contributed by atoms with Crippen molar-refractivity contribution in [1.29, 1.82) is 0 Å². The van der Waals surface area contributed by atoms with Gasteiger partial charge in [-0.3, -0.25) is 9.59 Å². The summed E-state index contributed by atoms with van der Waals surface area (Å²) in [5.74, 6) is -0.164. The molecule has 0 radical (unpaired) electrons. The fourth-order valence-electron chi connectivity index (χ4n) is 3.32. The van der Waals surface area contributed by atoms with Crippen molar-refractivity contribution in [2.45, 2.75) is 50.9 Å². The van der Waals surface area contributed by atoms with Crippen LogP contribution >= 0.6 is 0 Å². The lowest BCUT2D eigenvalue weighted by Gasteiger charge is -2.31. The Labute approximate surface area is 138 Å². The van der Waals surface area contributed by atoms with Gasteiger partial charge in [0.1, 0.15) is 0 Å². The first kappa shape index (κ1) is 16.8. The number of carbonyl (C=O) groups is 2. The van der Waals surface area contributed by atoms with Gasteiger partial charge in [0.2, 0.25) is 11.8 Å². The van der Waals surface area contributed by atoms with E-state index in [0.29, 0.717) is 24.9 Å². The van der Waals surface area contributed by atoms with Crippen molar-refractivity contribution in [1.82, 2.24) is 10.2 Å². The Kier molecular flexibility index (Phi) is 4.51. The fraction of sp³-hybridized carbons (Fsp3) is 0.529. The summed E-state index contributed by atoms with van der Waals surface area (Å²) < 4.78 is 38.5. The molecule has 1 aromatic carbocycles. The third-order valence-electron chi connectivity index (χ3n) is 4.64. The van der Waals surface area contributed by atoms with Crippen LogP contribution in [0, 0.1) is 0 Å². The molecule has 1 N–H and O–H groups in total. The van der Waals surface area contributed by atoms with Crippen LogP contribution in [0.3, 0.4) is 0 Å². The van der Waals surface area contributed by atoms with Crippen LogP contribution in [0.1, 0.15) is 42.4 Å². The minimum atomic E-state index is -4.38. The maximum atomic E-state index is 12.8. The van der Waals surface area contributed by atoms with E-state index in [-0.39, 0.29) is 30.8 Å². The standard InChI is InChI=1S/C17H19F3N2O2/c18-17(19,20)13-5-4-11-6-7-22(10-12(11)8-13)16(24)9-14-2-1-3-15(23)21-14/h4-5,8,14H,1-3,6-7,9-10H2,(H,21,23). The van der Waals surface area contributed by atoms with E-state index in [4.69, 9.17) is 0 Å². The highest BCUT2D eigenvalue weighted by Crippen LogP contribution is 2.32. The van der Waals surface area contributed by atoms with Gasteiger partial charge in [0.05, 0.1) is 5.56 Å². The Bertz CT molecular complexity index is 658. The van der Waals surface area contributed by atoms with Gasteiger partial charge in [-0.1, -0.05) is 6.07 Å². The van der Waals surface area contributed by atoms with Crippen LogP contribution < -0.4 is 5.32 Å². The van der Waals surface area contributed by atoms with E-state index in [1.165, 1.54) is 6.07 Å². The molecule has 2 aliphatic rings. The molecule has 0 aliphatic carbocycles. The molecule has 1 fully saturated rings. The second-order valence-corrected chi connectivity index (χ2v) is 6.41. The normalized spacial score (nSPS) is 21.2. The lowest BCUT2D eigenvalue weighted by atomic mass is 9.96. The third-order valence-corrected chi connectivity index (χ3v) is 4.64. The van der Waals surface area contributed by atoms with E-state index >= 15 is 0 Å². The lowest BCUT2D eigenvalue weighted by molar-refractivity contribution is -0.137. The Morgan fingerprint density at radius 3 is 2.75 bits per heavy atom. The van der Waals surface area contributed by atoms with Crippen molar-refractivity contribution >= 4 is 11.8 Å². The predicted molar refractivity (Wildman–Crippen MR) is 81.0 cm³/mol. The number of nitrogens with zero attached hydrogens (tertiary/aromatic N) is 1. The molecule has 0 aromatic heterocycles. The first-order valence-electron chi connectivity index (χ1n) is 8.09. The molecule has 24 heavy (non-hydrogen) atoms. The van der Waals surface area contributed by atoms with E-state index in [1.807, 2.05) is 0 Å². The SMILES string of the molecule is O=C1CCCC(CC(=O)N2CCc3ccc(C(F)(F)F)cc3C2)N1. The number of amides is 2. The molecule has 1 unspecified atom stereocenters.